The lowest BCUT2D eigenvalue weighted by Crippen LogP contribution is -2.30. The molecule has 2 rings (SSSR count). The molecule has 0 aliphatic carbocycles. The van der Waals surface area contributed by atoms with E-state index in [1.165, 1.54) is 7.05 Å². The number of carbonyl (C=O) groups excluding carboxylic acids is 1. The molecule has 0 atom stereocenters. The average Bonchev–Trinajstić information content (AvgIpc) is 2.76. The van der Waals surface area contributed by atoms with Crippen molar-refractivity contribution in [3.8, 4) is 0 Å². The van der Waals surface area contributed by atoms with Crippen molar-refractivity contribution in [2.75, 3.05) is 0 Å². The van der Waals surface area contributed by atoms with Gasteiger partial charge in [0.1, 0.15) is 6.33 Å². The number of rotatable bonds is 1. The highest BCUT2D eigenvalue weighted by Gasteiger charge is 2.18. The fourth-order valence-electron chi connectivity index (χ4n) is 1.20. The smallest absolute Gasteiger partial charge is 0.411 e. The first-order chi connectivity index (χ1) is 9.73. The van der Waals surface area contributed by atoms with Crippen LogP contribution in [0.3, 0.4) is 0 Å². The van der Waals surface area contributed by atoms with Gasteiger partial charge >= 0.3 is 17.9 Å². The summed E-state index contributed by atoms with van der Waals surface area (Å²) < 4.78 is 1.94. The van der Waals surface area contributed by atoms with Gasteiger partial charge in [-0.1, -0.05) is 5.21 Å². The second kappa shape index (κ2) is 6.09. The Bertz CT molecular complexity index is 758. The van der Waals surface area contributed by atoms with Gasteiger partial charge in [0.2, 0.25) is 0 Å². The van der Waals surface area contributed by atoms with E-state index in [1.807, 2.05) is 0 Å². The predicted molar refractivity (Wildman–Crippen MR) is 63.7 cm³/mol. The Morgan fingerprint density at radius 2 is 1.90 bits per heavy atom. The molecule has 0 unspecified atom stereocenters. The van der Waals surface area contributed by atoms with Crippen molar-refractivity contribution in [1.82, 2.24) is 29.7 Å². The molecular weight excluding hydrogens is 290 g/mol. The van der Waals surface area contributed by atoms with Crippen LogP contribution in [0.4, 0.5) is 9.59 Å². The summed E-state index contributed by atoms with van der Waals surface area (Å²) in [6.07, 6.45) is -1.78. The number of nitrogens with zero attached hydrogens (tertiary/aromatic N) is 5. The number of nitrogens with two attached hydrogens (primary N) is 1. The van der Waals surface area contributed by atoms with Crippen LogP contribution in [-0.2, 0) is 7.05 Å². The molecule has 13 nitrogen and oxygen atoms in total. The highest BCUT2D eigenvalue weighted by atomic mass is 16.4. The Morgan fingerprint density at radius 3 is 2.43 bits per heavy atom. The van der Waals surface area contributed by atoms with Crippen LogP contribution in [0.2, 0.25) is 0 Å². The molecule has 0 aromatic carbocycles. The monoisotopic (exact) mass is 299 g/mol. The number of amides is 3. The van der Waals surface area contributed by atoms with Gasteiger partial charge < -0.3 is 15.9 Å². The van der Waals surface area contributed by atoms with Crippen LogP contribution < -0.4 is 16.7 Å². The maximum absolute atomic E-state index is 11.5. The number of aromatic nitrogens is 5. The van der Waals surface area contributed by atoms with Crippen LogP contribution >= 0.6 is 0 Å². The molecule has 2 aromatic rings. The van der Waals surface area contributed by atoms with Crippen LogP contribution in [0.25, 0.3) is 5.65 Å². The third kappa shape index (κ3) is 3.72. The van der Waals surface area contributed by atoms with Crippen LogP contribution in [0.5, 0.6) is 0 Å². The molecule has 21 heavy (non-hydrogen) atoms. The number of imidazole rings is 1. The summed E-state index contributed by atoms with van der Waals surface area (Å²) >= 11 is 0. The van der Waals surface area contributed by atoms with Gasteiger partial charge in [0, 0.05) is 7.05 Å². The summed E-state index contributed by atoms with van der Waals surface area (Å²) in [5.41, 5.74) is 3.10. The third-order valence-electron chi connectivity index (χ3n) is 1.93. The molecule has 0 aliphatic rings. The summed E-state index contributed by atoms with van der Waals surface area (Å²) in [6.45, 7) is 0. The molecule has 0 bridgehead atoms. The summed E-state index contributed by atoms with van der Waals surface area (Å²) in [5, 5.41) is 24.2. The molecule has 2 aromatic heterocycles. The molecule has 13 heteroatoms. The zero-order valence-electron chi connectivity index (χ0n) is 10.4. The number of carboxylic acid groups (broad SMARTS) is 2. The SMILES string of the molecule is Cn1nnc2c(C(=O)NC(=O)O)ncn2c1=O.NC(=O)O. The van der Waals surface area contributed by atoms with Crippen LogP contribution in [0.1, 0.15) is 10.5 Å². The molecule has 0 fully saturated rings. The first-order valence-corrected chi connectivity index (χ1v) is 5.03. The van der Waals surface area contributed by atoms with E-state index in [4.69, 9.17) is 15.0 Å². The standard InChI is InChI=1S/C7H6N6O4.CH3NO2/c1-12-7(17)13-2-8-3(4(13)10-11-12)5(14)9-6(15)16;2-1(3)4/h2H,1H3,(H,9,14)(H,15,16);2H2,(H,3,4). The van der Waals surface area contributed by atoms with E-state index >= 15 is 0 Å². The number of carbonyl (C=O) groups is 3. The van der Waals surface area contributed by atoms with Crippen LogP contribution in [0, 0.1) is 0 Å². The summed E-state index contributed by atoms with van der Waals surface area (Å²) in [6, 6.07) is 0. The summed E-state index contributed by atoms with van der Waals surface area (Å²) in [7, 11) is 1.38. The van der Waals surface area contributed by atoms with E-state index in [9.17, 15) is 14.4 Å². The second-order valence-electron chi connectivity index (χ2n) is 3.38. The van der Waals surface area contributed by atoms with Gasteiger partial charge in [-0.25, -0.2) is 23.8 Å². The number of imide groups is 1. The van der Waals surface area contributed by atoms with Gasteiger partial charge in [0.05, 0.1) is 0 Å². The van der Waals surface area contributed by atoms with Crippen molar-refractivity contribution in [1.29, 1.82) is 0 Å². The highest BCUT2D eigenvalue weighted by molar-refractivity contribution is 6.04. The number of hydrogen-bond acceptors (Lipinski definition) is 7. The van der Waals surface area contributed by atoms with E-state index in [-0.39, 0.29) is 11.3 Å². The minimum Gasteiger partial charge on any atom is -0.465 e. The van der Waals surface area contributed by atoms with E-state index in [0.717, 1.165) is 15.4 Å². The number of nitrogens with one attached hydrogen (secondary N) is 1. The maximum Gasteiger partial charge on any atom is 0.411 e. The maximum atomic E-state index is 11.5. The molecule has 112 valence electrons. The molecule has 3 amide bonds. The zero-order valence-corrected chi connectivity index (χ0v) is 10.4. The van der Waals surface area contributed by atoms with Crippen molar-refractivity contribution < 1.29 is 24.6 Å². The van der Waals surface area contributed by atoms with E-state index in [2.05, 4.69) is 21.0 Å². The Balaban J connectivity index is 0.000000491. The Hall–Kier alpha value is -3.51. The normalized spacial score (nSPS) is 9.57. The largest absolute Gasteiger partial charge is 0.465 e. The Morgan fingerprint density at radius 1 is 1.33 bits per heavy atom. The first kappa shape index (κ1) is 15.5. The summed E-state index contributed by atoms with van der Waals surface area (Å²) in [4.78, 5) is 45.6. The lowest BCUT2D eigenvalue weighted by atomic mass is 10.4. The molecule has 0 saturated carbocycles. The van der Waals surface area contributed by atoms with E-state index in [1.54, 1.807) is 5.32 Å². The number of hydrogen-bond donors (Lipinski definition) is 4. The Kier molecular flexibility index (Phi) is 4.51. The van der Waals surface area contributed by atoms with Gasteiger partial charge in [-0.2, -0.15) is 4.68 Å². The second-order valence-corrected chi connectivity index (χ2v) is 3.38. The quantitative estimate of drug-likeness (QED) is 0.453. The minimum atomic E-state index is -1.52. The van der Waals surface area contributed by atoms with Crippen molar-refractivity contribution >= 4 is 23.7 Å². The molecule has 2 heterocycles. The first-order valence-electron chi connectivity index (χ1n) is 5.03. The number of primary amides is 1. The number of aryl methyl sites for hydroxylation is 1. The van der Waals surface area contributed by atoms with Gasteiger partial charge in [-0.3, -0.25) is 10.1 Å². The molecule has 5 N–H and O–H groups in total. The van der Waals surface area contributed by atoms with Gasteiger partial charge in [0.25, 0.3) is 5.91 Å². The average molecular weight is 299 g/mol. The van der Waals surface area contributed by atoms with Gasteiger partial charge in [0.15, 0.2) is 11.3 Å². The van der Waals surface area contributed by atoms with E-state index in [0.29, 0.717) is 0 Å². The van der Waals surface area contributed by atoms with Crippen LogP contribution in [0.15, 0.2) is 11.1 Å². The lowest BCUT2D eigenvalue weighted by Gasteiger charge is -1.97. The molecular formula is C8H9N7O6. The lowest BCUT2D eigenvalue weighted by molar-refractivity contribution is 0.0945. The Labute approximate surface area is 114 Å². The van der Waals surface area contributed by atoms with Crippen LogP contribution in [-0.4, -0.2) is 52.7 Å². The fraction of sp³-hybridized carbons (Fsp3) is 0.125. The fourth-order valence-corrected chi connectivity index (χ4v) is 1.20. The summed E-state index contributed by atoms with van der Waals surface area (Å²) in [5.74, 6) is -0.970. The van der Waals surface area contributed by atoms with Gasteiger partial charge in [-0.05, 0) is 0 Å². The van der Waals surface area contributed by atoms with Crippen molar-refractivity contribution in [2.45, 2.75) is 0 Å². The topological polar surface area (TPSA) is 195 Å². The van der Waals surface area contributed by atoms with Crippen molar-refractivity contribution in [2.24, 2.45) is 12.8 Å². The van der Waals surface area contributed by atoms with Crippen molar-refractivity contribution in [3.63, 3.8) is 0 Å². The minimum absolute atomic E-state index is 0.105. The highest BCUT2D eigenvalue weighted by Crippen LogP contribution is 2.01. The van der Waals surface area contributed by atoms with E-state index < -0.39 is 23.8 Å². The zero-order chi connectivity index (χ0) is 16.2. The predicted octanol–water partition coefficient (Wildman–Crippen LogP) is -2.15. The molecule has 0 aliphatic heterocycles. The third-order valence-corrected chi connectivity index (χ3v) is 1.93. The van der Waals surface area contributed by atoms with Gasteiger partial charge in [-0.15, -0.1) is 5.10 Å². The molecule has 0 saturated heterocycles. The van der Waals surface area contributed by atoms with Crippen molar-refractivity contribution in [3.05, 3.63) is 22.5 Å². The molecule has 0 spiro atoms. The number of fused-ring (bicyclic) bond motifs is 1. The molecule has 0 radical (unpaired) electrons.